The predicted molar refractivity (Wildman–Crippen MR) is 68.0 cm³/mol. The molecule has 18 heavy (non-hydrogen) atoms. The van der Waals surface area contributed by atoms with E-state index in [1.165, 1.54) is 12.1 Å². The Balaban J connectivity index is 2.07. The van der Waals surface area contributed by atoms with Gasteiger partial charge in [-0.25, -0.2) is 4.39 Å². The maximum Gasteiger partial charge on any atom is 0.166 e. The molecule has 2 rings (SSSR count). The van der Waals surface area contributed by atoms with Crippen LogP contribution in [0.1, 0.15) is 30.9 Å². The fourth-order valence-corrected chi connectivity index (χ4v) is 2.19. The number of benzene rings is 1. The fraction of sp³-hybridized carbons (Fsp3) is 0.533. The lowest BCUT2D eigenvalue weighted by molar-refractivity contribution is -0.130. The van der Waals surface area contributed by atoms with Gasteiger partial charge in [0.25, 0.3) is 0 Å². The molecule has 1 atom stereocenters. The van der Waals surface area contributed by atoms with Gasteiger partial charge in [-0.2, -0.15) is 0 Å². The van der Waals surface area contributed by atoms with Crippen molar-refractivity contribution in [3.05, 3.63) is 35.1 Å². The van der Waals surface area contributed by atoms with Crippen molar-refractivity contribution in [2.45, 2.75) is 39.2 Å². The van der Waals surface area contributed by atoms with Crippen molar-refractivity contribution in [1.29, 1.82) is 0 Å². The Hall–Kier alpha value is -1.22. The minimum Gasteiger partial charge on any atom is -0.370 e. The predicted octanol–water partition coefficient (Wildman–Crippen LogP) is 3.06. The molecule has 1 saturated carbocycles. The number of halogens is 1. The molecule has 0 heterocycles. The Morgan fingerprint density at radius 3 is 2.83 bits per heavy atom. The van der Waals surface area contributed by atoms with Gasteiger partial charge in [0.15, 0.2) is 5.78 Å². The fourth-order valence-electron chi connectivity index (χ4n) is 2.19. The average molecular weight is 250 g/mol. The standard InChI is InChI=1S/C15H19FO2/c1-3-18-15(11-5-6-11)14(17)9-12-8-13(16)7-4-10(12)2/h4,7-8,11,15H,3,5-6,9H2,1-2H3. The first kappa shape index (κ1) is 13.2. The second-order valence-electron chi connectivity index (χ2n) is 4.93. The van der Waals surface area contributed by atoms with E-state index in [0.717, 1.165) is 24.0 Å². The molecule has 0 spiro atoms. The van der Waals surface area contributed by atoms with Crippen molar-refractivity contribution >= 4 is 5.78 Å². The molecular formula is C15H19FO2. The molecule has 1 aliphatic rings. The molecule has 0 bridgehead atoms. The molecular weight excluding hydrogens is 231 g/mol. The number of ether oxygens (including phenoxy) is 1. The van der Waals surface area contributed by atoms with E-state index in [1.807, 2.05) is 13.8 Å². The summed E-state index contributed by atoms with van der Waals surface area (Å²) in [6.45, 7) is 4.35. The minimum atomic E-state index is -0.294. The number of hydrogen-bond donors (Lipinski definition) is 0. The molecule has 0 radical (unpaired) electrons. The molecule has 0 aliphatic heterocycles. The lowest BCUT2D eigenvalue weighted by Gasteiger charge is -2.15. The molecule has 0 amide bonds. The zero-order chi connectivity index (χ0) is 13.1. The van der Waals surface area contributed by atoms with E-state index in [-0.39, 0.29) is 24.1 Å². The topological polar surface area (TPSA) is 26.3 Å². The largest absolute Gasteiger partial charge is 0.370 e. The summed E-state index contributed by atoms with van der Waals surface area (Å²) in [6, 6.07) is 4.58. The Bertz CT molecular complexity index is 438. The van der Waals surface area contributed by atoms with Gasteiger partial charge >= 0.3 is 0 Å². The summed E-state index contributed by atoms with van der Waals surface area (Å²) in [6.07, 6.45) is 2.11. The summed E-state index contributed by atoms with van der Waals surface area (Å²) >= 11 is 0. The van der Waals surface area contributed by atoms with E-state index >= 15 is 0 Å². The molecule has 0 saturated heterocycles. The molecule has 0 N–H and O–H groups in total. The number of aryl methyl sites for hydroxylation is 1. The number of ketones is 1. The van der Waals surface area contributed by atoms with Gasteiger partial charge in [0.05, 0.1) is 0 Å². The second kappa shape index (κ2) is 5.61. The van der Waals surface area contributed by atoms with Crippen LogP contribution in [-0.2, 0) is 16.0 Å². The van der Waals surface area contributed by atoms with E-state index in [2.05, 4.69) is 0 Å². The molecule has 98 valence electrons. The van der Waals surface area contributed by atoms with E-state index < -0.39 is 0 Å². The van der Waals surface area contributed by atoms with E-state index in [4.69, 9.17) is 4.74 Å². The van der Waals surface area contributed by atoms with Crippen LogP contribution < -0.4 is 0 Å². The van der Waals surface area contributed by atoms with E-state index in [0.29, 0.717) is 12.5 Å². The molecule has 2 nitrogen and oxygen atoms in total. The average Bonchev–Trinajstić information content (AvgIpc) is 3.14. The number of carbonyl (C=O) groups is 1. The third kappa shape index (κ3) is 3.16. The summed E-state index contributed by atoms with van der Waals surface area (Å²) in [5, 5.41) is 0. The Kier molecular flexibility index (Phi) is 4.12. The highest BCUT2D eigenvalue weighted by molar-refractivity contribution is 5.86. The first-order valence-electron chi connectivity index (χ1n) is 6.51. The maximum absolute atomic E-state index is 13.2. The normalized spacial score (nSPS) is 16.6. The van der Waals surface area contributed by atoms with E-state index in [1.54, 1.807) is 6.07 Å². The van der Waals surface area contributed by atoms with Gasteiger partial charge in [-0.05, 0) is 55.9 Å². The van der Waals surface area contributed by atoms with Crippen LogP contribution in [0.2, 0.25) is 0 Å². The first-order valence-corrected chi connectivity index (χ1v) is 6.51. The maximum atomic E-state index is 13.2. The highest BCUT2D eigenvalue weighted by atomic mass is 19.1. The van der Waals surface area contributed by atoms with Crippen LogP contribution in [0.25, 0.3) is 0 Å². The molecule has 0 aromatic heterocycles. The smallest absolute Gasteiger partial charge is 0.166 e. The quantitative estimate of drug-likeness (QED) is 0.775. The first-order chi connectivity index (χ1) is 8.61. The number of carbonyl (C=O) groups excluding carboxylic acids is 1. The molecule has 1 aliphatic carbocycles. The van der Waals surface area contributed by atoms with E-state index in [9.17, 15) is 9.18 Å². The zero-order valence-electron chi connectivity index (χ0n) is 10.9. The van der Waals surface area contributed by atoms with Crippen LogP contribution >= 0.6 is 0 Å². The van der Waals surface area contributed by atoms with Crippen molar-refractivity contribution in [2.24, 2.45) is 5.92 Å². The number of Topliss-reactive ketones (excluding diaryl/α,β-unsaturated/α-hetero) is 1. The molecule has 1 aromatic carbocycles. The molecule has 1 unspecified atom stereocenters. The lowest BCUT2D eigenvalue weighted by atomic mass is 9.99. The third-order valence-electron chi connectivity index (χ3n) is 3.39. The summed E-state index contributed by atoms with van der Waals surface area (Å²) in [4.78, 5) is 12.2. The van der Waals surface area contributed by atoms with Crippen molar-refractivity contribution in [3.8, 4) is 0 Å². The van der Waals surface area contributed by atoms with Gasteiger partial charge in [0.1, 0.15) is 11.9 Å². The Labute approximate surface area is 107 Å². The van der Waals surface area contributed by atoms with Crippen molar-refractivity contribution in [3.63, 3.8) is 0 Å². The number of hydrogen-bond acceptors (Lipinski definition) is 2. The molecule has 1 aromatic rings. The van der Waals surface area contributed by atoms with Crippen LogP contribution in [0.15, 0.2) is 18.2 Å². The summed E-state index contributed by atoms with van der Waals surface area (Å²) < 4.78 is 18.7. The Morgan fingerprint density at radius 1 is 1.50 bits per heavy atom. The van der Waals surface area contributed by atoms with Crippen LogP contribution in [0, 0.1) is 18.7 Å². The lowest BCUT2D eigenvalue weighted by Crippen LogP contribution is -2.28. The summed E-state index contributed by atoms with van der Waals surface area (Å²) in [5.74, 6) is 0.169. The minimum absolute atomic E-state index is 0.0769. The van der Waals surface area contributed by atoms with Crippen LogP contribution in [0.4, 0.5) is 4.39 Å². The zero-order valence-corrected chi connectivity index (χ0v) is 10.9. The monoisotopic (exact) mass is 250 g/mol. The van der Waals surface area contributed by atoms with Crippen molar-refractivity contribution < 1.29 is 13.9 Å². The Morgan fingerprint density at radius 2 is 2.22 bits per heavy atom. The molecule has 1 fully saturated rings. The number of rotatable bonds is 6. The van der Waals surface area contributed by atoms with Gasteiger partial charge < -0.3 is 4.74 Å². The highest BCUT2D eigenvalue weighted by Crippen LogP contribution is 2.35. The van der Waals surface area contributed by atoms with Crippen LogP contribution in [0.5, 0.6) is 0 Å². The third-order valence-corrected chi connectivity index (χ3v) is 3.39. The highest BCUT2D eigenvalue weighted by Gasteiger charge is 2.36. The molecule has 3 heteroatoms. The van der Waals surface area contributed by atoms with Gasteiger partial charge in [-0.3, -0.25) is 4.79 Å². The van der Waals surface area contributed by atoms with Gasteiger partial charge in [-0.15, -0.1) is 0 Å². The van der Waals surface area contributed by atoms with Crippen LogP contribution in [-0.4, -0.2) is 18.5 Å². The van der Waals surface area contributed by atoms with Crippen molar-refractivity contribution in [2.75, 3.05) is 6.61 Å². The van der Waals surface area contributed by atoms with Gasteiger partial charge in [0, 0.05) is 13.0 Å². The van der Waals surface area contributed by atoms with Crippen molar-refractivity contribution in [1.82, 2.24) is 0 Å². The van der Waals surface area contributed by atoms with Gasteiger partial charge in [0.2, 0.25) is 0 Å². The van der Waals surface area contributed by atoms with Crippen LogP contribution in [0.3, 0.4) is 0 Å². The summed E-state index contributed by atoms with van der Waals surface area (Å²) in [7, 11) is 0. The second-order valence-corrected chi connectivity index (χ2v) is 4.93. The summed E-state index contributed by atoms with van der Waals surface area (Å²) in [5.41, 5.74) is 1.72. The van der Waals surface area contributed by atoms with Gasteiger partial charge in [-0.1, -0.05) is 6.07 Å². The SMILES string of the molecule is CCOC(C(=O)Cc1cc(F)ccc1C)C1CC1.